The lowest BCUT2D eigenvalue weighted by atomic mass is 9.77. The van der Waals surface area contributed by atoms with Crippen LogP contribution in [0.2, 0.25) is 0 Å². The summed E-state index contributed by atoms with van der Waals surface area (Å²) >= 11 is 0. The molecule has 1 saturated carbocycles. The molecule has 0 aliphatic heterocycles. The van der Waals surface area contributed by atoms with Crippen LogP contribution in [0.15, 0.2) is 18.2 Å². The molecule has 1 aromatic rings. The van der Waals surface area contributed by atoms with Gasteiger partial charge in [0.25, 0.3) is 0 Å². The quantitative estimate of drug-likeness (QED) is 0.820. The highest BCUT2D eigenvalue weighted by Gasteiger charge is 2.38. The summed E-state index contributed by atoms with van der Waals surface area (Å²) in [4.78, 5) is 0. The van der Waals surface area contributed by atoms with Gasteiger partial charge < -0.3 is 10.4 Å². The lowest BCUT2D eigenvalue weighted by Crippen LogP contribution is -2.38. The molecule has 2 rings (SSSR count). The number of nitrogens with one attached hydrogen (secondary N) is 1. The molecule has 0 spiro atoms. The van der Waals surface area contributed by atoms with E-state index in [9.17, 15) is 22.7 Å². The summed E-state index contributed by atoms with van der Waals surface area (Å²) in [6, 6.07) is 2.97. The normalized spacial score (nSPS) is 27.6. The Bertz CT molecular complexity index is 479. The van der Waals surface area contributed by atoms with Crippen LogP contribution in [0.3, 0.4) is 0 Å². The molecule has 0 aromatic heterocycles. The third-order valence-electron chi connectivity index (χ3n) is 4.03. The van der Waals surface area contributed by atoms with Gasteiger partial charge in [-0.15, -0.1) is 0 Å². The van der Waals surface area contributed by atoms with Crippen molar-refractivity contribution in [1.82, 2.24) is 5.32 Å². The first-order valence-corrected chi connectivity index (χ1v) is 6.53. The van der Waals surface area contributed by atoms with E-state index in [2.05, 4.69) is 5.32 Å². The summed E-state index contributed by atoms with van der Waals surface area (Å²) in [5.74, 6) is -1.33. The number of aliphatic hydroxyl groups is 1. The summed E-state index contributed by atoms with van der Waals surface area (Å²) in [5.41, 5.74) is -2.32. The predicted molar refractivity (Wildman–Crippen MR) is 66.6 cm³/mol. The van der Waals surface area contributed by atoms with Crippen molar-refractivity contribution in [1.29, 1.82) is 0 Å². The Balaban J connectivity index is 2.24. The molecule has 112 valence electrons. The maximum atomic E-state index is 13.6. The number of hydrogen-bond acceptors (Lipinski definition) is 2. The van der Waals surface area contributed by atoms with Gasteiger partial charge in [0.1, 0.15) is 5.82 Å². The van der Waals surface area contributed by atoms with Crippen molar-refractivity contribution < 1.29 is 22.7 Å². The van der Waals surface area contributed by atoms with Crippen molar-refractivity contribution in [3.8, 4) is 0 Å². The molecule has 1 aromatic carbocycles. The van der Waals surface area contributed by atoms with E-state index in [-0.39, 0.29) is 11.6 Å². The number of rotatable bonds is 2. The third kappa shape index (κ3) is 2.96. The zero-order valence-corrected chi connectivity index (χ0v) is 11.1. The van der Waals surface area contributed by atoms with Gasteiger partial charge in [-0.25, -0.2) is 4.39 Å². The number of hydrogen-bond donors (Lipinski definition) is 2. The van der Waals surface area contributed by atoms with Crippen LogP contribution in [0.1, 0.15) is 36.8 Å². The Labute approximate surface area is 114 Å². The highest BCUT2D eigenvalue weighted by Crippen LogP contribution is 2.39. The maximum absolute atomic E-state index is 13.6. The Morgan fingerprint density at radius 1 is 1.25 bits per heavy atom. The number of benzene rings is 1. The van der Waals surface area contributed by atoms with E-state index in [1.165, 1.54) is 6.07 Å². The van der Waals surface area contributed by atoms with Gasteiger partial charge in [-0.1, -0.05) is 6.07 Å². The average Bonchev–Trinajstić information content (AvgIpc) is 2.38. The fraction of sp³-hybridized carbons (Fsp3) is 0.571. The molecule has 0 radical (unpaired) electrons. The molecule has 6 heteroatoms. The second-order valence-corrected chi connectivity index (χ2v) is 5.29. The van der Waals surface area contributed by atoms with E-state index >= 15 is 0 Å². The standard InChI is InChI=1S/C14H17F4NO/c1-19-10-4-6-13(20,7-5-10)9-2-3-11(12(15)8-9)14(16,17)18/h2-3,8,10,19-20H,4-7H2,1H3. The van der Waals surface area contributed by atoms with E-state index in [4.69, 9.17) is 0 Å². The minimum Gasteiger partial charge on any atom is -0.385 e. The molecule has 0 bridgehead atoms. The Morgan fingerprint density at radius 3 is 2.30 bits per heavy atom. The highest BCUT2D eigenvalue weighted by molar-refractivity contribution is 5.30. The topological polar surface area (TPSA) is 32.3 Å². The monoisotopic (exact) mass is 291 g/mol. The van der Waals surface area contributed by atoms with Gasteiger partial charge in [0, 0.05) is 6.04 Å². The molecule has 1 aliphatic carbocycles. The number of alkyl halides is 3. The van der Waals surface area contributed by atoms with E-state index in [1.54, 1.807) is 0 Å². The summed E-state index contributed by atoms with van der Waals surface area (Å²) in [6.45, 7) is 0. The largest absolute Gasteiger partial charge is 0.419 e. The van der Waals surface area contributed by atoms with Gasteiger partial charge in [0.05, 0.1) is 11.2 Å². The predicted octanol–water partition coefficient (Wildman–Crippen LogP) is 3.19. The van der Waals surface area contributed by atoms with Gasteiger partial charge in [0.15, 0.2) is 0 Å². The zero-order chi connectivity index (χ0) is 15.0. The van der Waals surface area contributed by atoms with E-state index in [0.717, 1.165) is 6.07 Å². The van der Waals surface area contributed by atoms with Gasteiger partial charge in [-0.2, -0.15) is 13.2 Å². The molecule has 20 heavy (non-hydrogen) atoms. The first-order valence-electron chi connectivity index (χ1n) is 6.53. The van der Waals surface area contributed by atoms with Gasteiger partial charge in [-0.3, -0.25) is 0 Å². The van der Waals surface area contributed by atoms with Gasteiger partial charge in [-0.05, 0) is 50.4 Å². The summed E-state index contributed by atoms with van der Waals surface area (Å²) in [7, 11) is 1.83. The summed E-state index contributed by atoms with van der Waals surface area (Å²) < 4.78 is 51.1. The van der Waals surface area contributed by atoms with E-state index in [0.29, 0.717) is 31.7 Å². The average molecular weight is 291 g/mol. The Kier molecular flexibility index (Phi) is 4.07. The van der Waals surface area contributed by atoms with Crippen LogP contribution in [0.4, 0.5) is 17.6 Å². The molecule has 0 saturated heterocycles. The Hall–Kier alpha value is -1.14. The molecular formula is C14H17F4NO. The molecule has 0 heterocycles. The molecule has 0 atom stereocenters. The molecule has 0 unspecified atom stereocenters. The van der Waals surface area contributed by atoms with E-state index in [1.807, 2.05) is 7.05 Å². The third-order valence-corrected chi connectivity index (χ3v) is 4.03. The van der Waals surface area contributed by atoms with Crippen molar-refractivity contribution in [2.24, 2.45) is 0 Å². The van der Waals surface area contributed by atoms with Crippen molar-refractivity contribution in [2.75, 3.05) is 7.05 Å². The molecule has 1 aliphatic rings. The van der Waals surface area contributed by atoms with Gasteiger partial charge >= 0.3 is 6.18 Å². The summed E-state index contributed by atoms with van der Waals surface area (Å²) in [6.07, 6.45) is -2.49. The minimum atomic E-state index is -4.71. The highest BCUT2D eigenvalue weighted by atomic mass is 19.4. The second kappa shape index (κ2) is 5.33. The minimum absolute atomic E-state index is 0.220. The SMILES string of the molecule is CNC1CCC(O)(c2ccc(C(F)(F)F)c(F)c2)CC1. The van der Waals surface area contributed by atoms with Crippen LogP contribution < -0.4 is 5.32 Å². The van der Waals surface area contributed by atoms with Crippen molar-refractivity contribution >= 4 is 0 Å². The smallest absolute Gasteiger partial charge is 0.385 e. The van der Waals surface area contributed by atoms with Crippen LogP contribution in [0.5, 0.6) is 0 Å². The molecular weight excluding hydrogens is 274 g/mol. The fourth-order valence-electron chi connectivity index (χ4n) is 2.71. The molecule has 1 fully saturated rings. The molecule has 2 nitrogen and oxygen atoms in total. The van der Waals surface area contributed by atoms with Crippen molar-refractivity contribution in [3.05, 3.63) is 35.1 Å². The van der Waals surface area contributed by atoms with Crippen molar-refractivity contribution in [3.63, 3.8) is 0 Å². The first kappa shape index (κ1) is 15.3. The van der Waals surface area contributed by atoms with Crippen LogP contribution in [0, 0.1) is 5.82 Å². The van der Waals surface area contributed by atoms with Crippen molar-refractivity contribution in [2.45, 2.75) is 43.5 Å². The lowest BCUT2D eigenvalue weighted by Gasteiger charge is -2.36. The summed E-state index contributed by atoms with van der Waals surface area (Å²) in [5, 5.41) is 13.6. The lowest BCUT2D eigenvalue weighted by molar-refractivity contribution is -0.140. The van der Waals surface area contributed by atoms with Crippen LogP contribution >= 0.6 is 0 Å². The fourth-order valence-corrected chi connectivity index (χ4v) is 2.71. The van der Waals surface area contributed by atoms with Gasteiger partial charge in [0.2, 0.25) is 0 Å². The Morgan fingerprint density at radius 2 is 1.85 bits per heavy atom. The first-order chi connectivity index (χ1) is 9.26. The maximum Gasteiger partial charge on any atom is 0.419 e. The molecule has 2 N–H and O–H groups in total. The molecule has 0 amide bonds. The van der Waals surface area contributed by atoms with E-state index < -0.39 is 23.2 Å². The number of halogens is 4. The second-order valence-electron chi connectivity index (χ2n) is 5.29. The van der Waals surface area contributed by atoms with Crippen LogP contribution in [-0.2, 0) is 11.8 Å². The van der Waals surface area contributed by atoms with Crippen LogP contribution in [-0.4, -0.2) is 18.2 Å². The van der Waals surface area contributed by atoms with Crippen LogP contribution in [0.25, 0.3) is 0 Å². The zero-order valence-electron chi connectivity index (χ0n) is 11.1.